The lowest BCUT2D eigenvalue weighted by Crippen LogP contribution is -2.39. The van der Waals surface area contributed by atoms with Crippen LogP contribution in [-0.2, 0) is 5.41 Å². The highest BCUT2D eigenvalue weighted by Crippen LogP contribution is 2.46. The van der Waals surface area contributed by atoms with Crippen LogP contribution in [0.15, 0.2) is 16.9 Å². The van der Waals surface area contributed by atoms with E-state index in [1.54, 1.807) is 6.07 Å². The molecule has 0 aliphatic rings. The third-order valence-corrected chi connectivity index (χ3v) is 6.37. The van der Waals surface area contributed by atoms with Crippen LogP contribution in [0.3, 0.4) is 0 Å². The molecule has 0 saturated heterocycles. The van der Waals surface area contributed by atoms with Gasteiger partial charge < -0.3 is 0 Å². The first kappa shape index (κ1) is 23.2. The van der Waals surface area contributed by atoms with E-state index in [1.165, 1.54) is 51.4 Å². The van der Waals surface area contributed by atoms with E-state index in [2.05, 4.69) is 37.9 Å². The van der Waals surface area contributed by atoms with Crippen molar-refractivity contribution >= 4 is 11.6 Å². The maximum atomic E-state index is 11.6. The van der Waals surface area contributed by atoms with Gasteiger partial charge in [-0.2, -0.15) is 5.10 Å². The first-order valence-electron chi connectivity index (χ1n) is 10.7. The average molecular weight is 383 g/mol. The largest absolute Gasteiger partial charge is 0.268 e. The van der Waals surface area contributed by atoms with Crippen molar-refractivity contribution in [3.05, 3.63) is 28.2 Å². The van der Waals surface area contributed by atoms with Crippen LogP contribution in [0.25, 0.3) is 0 Å². The van der Waals surface area contributed by atoms with Crippen molar-refractivity contribution in [1.82, 2.24) is 10.2 Å². The summed E-state index contributed by atoms with van der Waals surface area (Å²) in [5.74, 6) is 2.04. The molecule has 1 aromatic heterocycles. The van der Waals surface area contributed by atoms with Gasteiger partial charge in [-0.05, 0) is 50.0 Å². The average Bonchev–Trinajstić information content (AvgIpc) is 2.65. The Bertz CT molecular complexity index is 525. The van der Waals surface area contributed by atoms with E-state index in [9.17, 15) is 4.79 Å². The summed E-state index contributed by atoms with van der Waals surface area (Å²) < 4.78 is 0. The van der Waals surface area contributed by atoms with E-state index >= 15 is 0 Å². The molecule has 1 rings (SSSR count). The summed E-state index contributed by atoms with van der Waals surface area (Å²) in [7, 11) is 0. The number of rotatable bonds is 14. The number of nitrogens with one attached hydrogen (secondary N) is 1. The Labute approximate surface area is 165 Å². The minimum absolute atomic E-state index is 0.0440. The predicted molar refractivity (Wildman–Crippen MR) is 113 cm³/mol. The molecule has 1 N–H and O–H groups in total. The normalized spacial score (nSPS) is 16.2. The molecule has 0 saturated carbocycles. The highest BCUT2D eigenvalue weighted by molar-refractivity contribution is 6.17. The maximum absolute atomic E-state index is 11.6. The van der Waals surface area contributed by atoms with Gasteiger partial charge in [-0.1, -0.05) is 59.8 Å². The lowest BCUT2D eigenvalue weighted by Gasteiger charge is -2.42. The zero-order valence-corrected chi connectivity index (χ0v) is 18.1. The third-order valence-electron chi connectivity index (χ3n) is 6.10. The van der Waals surface area contributed by atoms with Crippen molar-refractivity contribution in [2.45, 2.75) is 97.3 Å². The fourth-order valence-electron chi connectivity index (χ4n) is 4.62. The van der Waals surface area contributed by atoms with Crippen LogP contribution < -0.4 is 5.56 Å². The third kappa shape index (κ3) is 6.40. The second kappa shape index (κ2) is 12.5. The molecule has 0 aromatic carbocycles. The molecule has 0 spiro atoms. The highest BCUT2D eigenvalue weighted by atomic mass is 35.5. The molecule has 1 aromatic rings. The summed E-state index contributed by atoms with van der Waals surface area (Å²) in [5, 5.41) is 7.24. The molecule has 0 amide bonds. The molecular formula is C22H39ClN2O. The summed E-state index contributed by atoms with van der Waals surface area (Å²) in [6.07, 6.45) is 11.8. The Kier molecular flexibility index (Phi) is 11.2. The van der Waals surface area contributed by atoms with Gasteiger partial charge in [0.05, 0.1) is 5.69 Å². The van der Waals surface area contributed by atoms with Crippen LogP contribution in [0.5, 0.6) is 0 Å². The number of halogens is 1. The lowest BCUT2D eigenvalue weighted by atomic mass is 9.62. The second-order valence-corrected chi connectivity index (χ2v) is 8.13. The van der Waals surface area contributed by atoms with Gasteiger partial charge in [0, 0.05) is 17.4 Å². The smallest absolute Gasteiger partial charge is 0.264 e. The minimum atomic E-state index is -0.117. The van der Waals surface area contributed by atoms with E-state index in [0.717, 1.165) is 24.4 Å². The molecule has 1 heterocycles. The zero-order valence-electron chi connectivity index (χ0n) is 17.3. The predicted octanol–water partition coefficient (Wildman–Crippen LogP) is 6.46. The molecule has 4 heteroatoms. The fourth-order valence-corrected chi connectivity index (χ4v) is 4.81. The molecule has 26 heavy (non-hydrogen) atoms. The molecule has 3 unspecified atom stereocenters. The first-order chi connectivity index (χ1) is 12.6. The van der Waals surface area contributed by atoms with Crippen molar-refractivity contribution in [3.8, 4) is 0 Å². The number of alkyl halides is 1. The first-order valence-corrected chi connectivity index (χ1v) is 11.2. The number of unbranched alkanes of at least 4 members (excludes halogenated alkanes) is 1. The van der Waals surface area contributed by atoms with Crippen LogP contribution in [0.2, 0.25) is 0 Å². The van der Waals surface area contributed by atoms with Crippen LogP contribution in [0, 0.1) is 11.8 Å². The van der Waals surface area contributed by atoms with E-state index < -0.39 is 0 Å². The number of aromatic nitrogens is 2. The SMILES string of the molecule is CCCC(CC)CC(CC)(c1ccc(=O)[nH]n1)C(CCC)CCCCCl. The van der Waals surface area contributed by atoms with Gasteiger partial charge >= 0.3 is 0 Å². The lowest BCUT2D eigenvalue weighted by molar-refractivity contribution is 0.163. The maximum Gasteiger partial charge on any atom is 0.264 e. The number of H-pyrrole nitrogens is 1. The van der Waals surface area contributed by atoms with Crippen molar-refractivity contribution in [2.24, 2.45) is 11.8 Å². The zero-order chi connectivity index (χ0) is 19.4. The Morgan fingerprint density at radius 3 is 2.31 bits per heavy atom. The minimum Gasteiger partial charge on any atom is -0.268 e. The van der Waals surface area contributed by atoms with Crippen molar-refractivity contribution in [2.75, 3.05) is 5.88 Å². The molecule has 150 valence electrons. The van der Waals surface area contributed by atoms with Crippen molar-refractivity contribution in [3.63, 3.8) is 0 Å². The summed E-state index contributed by atoms with van der Waals surface area (Å²) >= 11 is 5.94. The Morgan fingerprint density at radius 1 is 1.08 bits per heavy atom. The molecule has 3 nitrogen and oxygen atoms in total. The number of hydrogen-bond acceptors (Lipinski definition) is 2. The van der Waals surface area contributed by atoms with Crippen LogP contribution >= 0.6 is 11.6 Å². The summed E-state index contributed by atoms with van der Waals surface area (Å²) in [6, 6.07) is 3.63. The molecule has 3 atom stereocenters. The number of hydrogen-bond donors (Lipinski definition) is 1. The van der Waals surface area contributed by atoms with Crippen LogP contribution in [-0.4, -0.2) is 16.1 Å². The monoisotopic (exact) mass is 382 g/mol. The molecule has 0 aliphatic heterocycles. The van der Waals surface area contributed by atoms with Gasteiger partial charge in [0.1, 0.15) is 0 Å². The van der Waals surface area contributed by atoms with Crippen LogP contribution in [0.4, 0.5) is 0 Å². The Hall–Kier alpha value is -0.830. The summed E-state index contributed by atoms with van der Waals surface area (Å²) in [4.78, 5) is 11.6. The molecule has 0 aliphatic carbocycles. The number of aromatic amines is 1. The standard InChI is InChI=1S/C22H39ClN2O/c1-5-11-18(7-3)17-22(8-4,20-14-15-21(26)25-24-20)19(12-6-2)13-9-10-16-23/h14-15,18-19H,5-13,16-17H2,1-4H3,(H,25,26). The number of nitrogens with zero attached hydrogens (tertiary/aromatic N) is 1. The van der Waals surface area contributed by atoms with Gasteiger partial charge in [0.15, 0.2) is 0 Å². The van der Waals surface area contributed by atoms with E-state index in [4.69, 9.17) is 11.6 Å². The van der Waals surface area contributed by atoms with E-state index in [0.29, 0.717) is 11.8 Å². The van der Waals surface area contributed by atoms with Crippen molar-refractivity contribution in [1.29, 1.82) is 0 Å². The van der Waals surface area contributed by atoms with Gasteiger partial charge in [-0.25, -0.2) is 5.10 Å². The summed E-state index contributed by atoms with van der Waals surface area (Å²) in [6.45, 7) is 9.16. The second-order valence-electron chi connectivity index (χ2n) is 7.75. The fraction of sp³-hybridized carbons (Fsp3) is 0.818. The van der Waals surface area contributed by atoms with Gasteiger partial charge in [0.2, 0.25) is 0 Å². The molecule has 0 bridgehead atoms. The molecular weight excluding hydrogens is 344 g/mol. The molecule has 0 fully saturated rings. The summed E-state index contributed by atoms with van der Waals surface area (Å²) in [5.41, 5.74) is 1.01. The van der Waals surface area contributed by atoms with E-state index in [-0.39, 0.29) is 11.0 Å². The van der Waals surface area contributed by atoms with Gasteiger partial charge in [0.25, 0.3) is 5.56 Å². The highest BCUT2D eigenvalue weighted by Gasteiger charge is 2.40. The Morgan fingerprint density at radius 2 is 1.81 bits per heavy atom. The van der Waals surface area contributed by atoms with E-state index in [1.807, 2.05) is 6.07 Å². The molecule has 0 radical (unpaired) electrons. The Balaban J connectivity index is 3.29. The topological polar surface area (TPSA) is 45.8 Å². The van der Waals surface area contributed by atoms with Gasteiger partial charge in [-0.3, -0.25) is 4.79 Å². The van der Waals surface area contributed by atoms with Crippen LogP contribution in [0.1, 0.15) is 97.6 Å². The van der Waals surface area contributed by atoms with Crippen molar-refractivity contribution < 1.29 is 0 Å². The quantitative estimate of drug-likeness (QED) is 0.296. The van der Waals surface area contributed by atoms with Gasteiger partial charge in [-0.15, -0.1) is 11.6 Å².